The maximum atomic E-state index is 14.8. The maximum Gasteiger partial charge on any atom is 0.408 e. The molecule has 3 N–H and O–H groups in total. The average Bonchev–Trinajstić information content (AvgIpc) is 4.07. The van der Waals surface area contributed by atoms with Gasteiger partial charge in [0.1, 0.15) is 40.9 Å². The highest BCUT2D eigenvalue weighted by molar-refractivity contribution is 7.91. The fourth-order valence-corrected chi connectivity index (χ4v) is 9.32. The van der Waals surface area contributed by atoms with Crippen LogP contribution in [0.5, 0.6) is 11.6 Å². The summed E-state index contributed by atoms with van der Waals surface area (Å²) in [7, 11) is -4.44. The quantitative estimate of drug-likeness (QED) is 0.250. The topological polar surface area (TPSA) is 182 Å². The third-order valence-corrected chi connectivity index (χ3v) is 14.4. The standard InChI is InChI=1S/C41H54F3N5O9S/c1-7-56-31-21-45-34(29-15-11-10-14-28(29)31)57-27-19-30-33(50)47-41(36(52)48-59(54,55)40(23-42)16-17-40)20-26(41)13-9-8-12-24(2)18-25(3)32(35(51)49(30)22-27)46-37(53)58-38(4,5)39(6,43)44/h9-11,13-15,21,24-27,30,32H,7-8,12,16-20,22-23H2,1-6H3,(H,46,53)(H,47,50)(H,48,52). The van der Waals surface area contributed by atoms with Crippen molar-refractivity contribution in [2.45, 2.75) is 126 Å². The number of aromatic nitrogens is 1. The van der Waals surface area contributed by atoms with Crippen LogP contribution < -0.4 is 24.8 Å². The molecule has 3 heterocycles. The Morgan fingerprint density at radius 2 is 1.78 bits per heavy atom. The molecular formula is C41H54F3N5O9S. The summed E-state index contributed by atoms with van der Waals surface area (Å²) in [5.41, 5.74) is -3.97. The molecule has 3 fully saturated rings. The van der Waals surface area contributed by atoms with Gasteiger partial charge >= 0.3 is 6.09 Å². The molecule has 2 aromatic rings. The van der Waals surface area contributed by atoms with Crippen molar-refractivity contribution in [3.05, 3.63) is 42.6 Å². The Morgan fingerprint density at radius 3 is 2.42 bits per heavy atom. The van der Waals surface area contributed by atoms with Gasteiger partial charge in [-0.15, -0.1) is 0 Å². The minimum Gasteiger partial charge on any atom is -0.492 e. The molecule has 1 saturated heterocycles. The van der Waals surface area contributed by atoms with Crippen molar-refractivity contribution in [2.75, 3.05) is 19.8 Å². The summed E-state index contributed by atoms with van der Waals surface area (Å²) in [6.07, 6.45) is 4.59. The van der Waals surface area contributed by atoms with Crippen LogP contribution in [0.25, 0.3) is 10.8 Å². The fourth-order valence-electron chi connectivity index (χ4n) is 7.89. The number of benzene rings is 1. The van der Waals surface area contributed by atoms with Crippen molar-refractivity contribution in [1.29, 1.82) is 0 Å². The van der Waals surface area contributed by atoms with Crippen molar-refractivity contribution < 1.29 is 55.0 Å². The molecule has 14 nitrogen and oxygen atoms in total. The lowest BCUT2D eigenvalue weighted by atomic mass is 9.88. The summed E-state index contributed by atoms with van der Waals surface area (Å²) in [5, 5.41) is 6.60. The van der Waals surface area contributed by atoms with Gasteiger partial charge < -0.3 is 29.7 Å². The molecule has 0 bridgehead atoms. The molecule has 2 aliphatic heterocycles. The zero-order valence-electron chi connectivity index (χ0n) is 34.2. The van der Waals surface area contributed by atoms with Crippen molar-refractivity contribution >= 4 is 44.6 Å². The third-order valence-electron chi connectivity index (χ3n) is 12.2. The number of nitrogens with zero attached hydrogens (tertiary/aromatic N) is 2. The maximum absolute atomic E-state index is 14.8. The van der Waals surface area contributed by atoms with Crippen LogP contribution in [0, 0.1) is 17.8 Å². The molecule has 0 radical (unpaired) electrons. The third kappa shape index (κ3) is 8.97. The van der Waals surface area contributed by atoms with Gasteiger partial charge in [-0.25, -0.2) is 31.4 Å². The number of sulfonamides is 1. The number of hydrogen-bond donors (Lipinski definition) is 3. The number of pyridine rings is 1. The van der Waals surface area contributed by atoms with Gasteiger partial charge in [0.2, 0.25) is 27.7 Å². The van der Waals surface area contributed by atoms with Crippen LogP contribution in [-0.2, 0) is 29.1 Å². The van der Waals surface area contributed by atoms with E-state index in [1.165, 1.54) is 11.1 Å². The van der Waals surface area contributed by atoms with Gasteiger partial charge in [0, 0.05) is 30.0 Å². The number of fused-ring (bicyclic) bond motifs is 3. The normalized spacial score (nSPS) is 28.6. The molecule has 59 heavy (non-hydrogen) atoms. The zero-order chi connectivity index (χ0) is 43.1. The lowest BCUT2D eigenvalue weighted by Gasteiger charge is -2.35. The number of carbonyl (C=O) groups is 4. The molecule has 4 aliphatic rings. The highest BCUT2D eigenvalue weighted by Gasteiger charge is 2.64. The molecule has 1 aromatic heterocycles. The number of nitrogens with one attached hydrogen (secondary N) is 3. The van der Waals surface area contributed by atoms with Gasteiger partial charge in [-0.2, -0.15) is 0 Å². The number of alkyl halides is 3. The lowest BCUT2D eigenvalue weighted by molar-refractivity contribution is -0.152. The average molecular weight is 850 g/mol. The van der Waals surface area contributed by atoms with Crippen LogP contribution >= 0.6 is 0 Å². The molecule has 2 aliphatic carbocycles. The van der Waals surface area contributed by atoms with Crippen LogP contribution in [0.3, 0.4) is 0 Å². The first-order chi connectivity index (χ1) is 27.7. The number of alkyl carbamates (subject to hydrolysis) is 1. The molecule has 18 heteroatoms. The van der Waals surface area contributed by atoms with E-state index < -0.39 is 92.3 Å². The Morgan fingerprint density at radius 1 is 1.08 bits per heavy atom. The minimum atomic E-state index is -4.44. The Hall–Kier alpha value is -4.61. The number of rotatable bonds is 11. The second kappa shape index (κ2) is 16.4. The Bertz CT molecular complexity index is 2090. The van der Waals surface area contributed by atoms with Gasteiger partial charge in [-0.1, -0.05) is 44.2 Å². The Labute approximate surface area is 342 Å². The molecular weight excluding hydrogens is 796 g/mol. The van der Waals surface area contributed by atoms with E-state index >= 15 is 0 Å². The predicted octanol–water partition coefficient (Wildman–Crippen LogP) is 5.35. The molecule has 1 aromatic carbocycles. The van der Waals surface area contributed by atoms with Crippen LogP contribution in [0.1, 0.15) is 86.5 Å². The summed E-state index contributed by atoms with van der Waals surface area (Å²) in [4.78, 5) is 62.3. The molecule has 4 amide bonds. The molecule has 0 spiro atoms. The first kappa shape index (κ1) is 44.0. The van der Waals surface area contributed by atoms with Gasteiger partial charge in [-0.05, 0) is 77.2 Å². The van der Waals surface area contributed by atoms with E-state index in [0.29, 0.717) is 49.3 Å². The summed E-state index contributed by atoms with van der Waals surface area (Å²) >= 11 is 0. The van der Waals surface area contributed by atoms with E-state index in [1.807, 2.05) is 36.8 Å². The summed E-state index contributed by atoms with van der Waals surface area (Å²) in [6, 6.07) is 4.57. The predicted molar refractivity (Wildman–Crippen MR) is 211 cm³/mol. The van der Waals surface area contributed by atoms with Crippen LogP contribution in [-0.4, -0.2) is 102 Å². The van der Waals surface area contributed by atoms with E-state index in [-0.39, 0.29) is 44.0 Å². The molecule has 324 valence electrons. The molecule has 7 atom stereocenters. The van der Waals surface area contributed by atoms with Crippen molar-refractivity contribution in [2.24, 2.45) is 17.8 Å². The molecule has 7 unspecified atom stereocenters. The number of carbonyl (C=O) groups excluding carboxylic acids is 4. The zero-order valence-corrected chi connectivity index (χ0v) is 35.0. The van der Waals surface area contributed by atoms with Crippen LogP contribution in [0.15, 0.2) is 42.6 Å². The van der Waals surface area contributed by atoms with Crippen molar-refractivity contribution in [3.63, 3.8) is 0 Å². The second-order valence-corrected chi connectivity index (χ2v) is 19.2. The van der Waals surface area contributed by atoms with Gasteiger partial charge in [-0.3, -0.25) is 19.1 Å². The first-order valence-electron chi connectivity index (χ1n) is 20.1. The fraction of sp³-hybridized carbons (Fsp3) is 0.634. The van der Waals surface area contributed by atoms with Crippen LogP contribution in [0.2, 0.25) is 0 Å². The number of ether oxygens (including phenoxy) is 3. The van der Waals surface area contributed by atoms with E-state index in [0.717, 1.165) is 13.8 Å². The lowest BCUT2D eigenvalue weighted by Crippen LogP contribution is -2.60. The van der Waals surface area contributed by atoms with E-state index in [9.17, 15) is 40.8 Å². The van der Waals surface area contributed by atoms with Gasteiger partial charge in [0.25, 0.3) is 11.8 Å². The number of allylic oxidation sites excluding steroid dienone is 1. The summed E-state index contributed by atoms with van der Waals surface area (Å²) < 4.78 is 86.8. The SMILES string of the molecule is CCOc1cnc(OC2CC3C(=O)NC4(C(=O)NS(=O)(=O)C5(CF)CC5)CC4C=CCCC(C)CC(C)C(NC(=O)OC(C)(C)C(C)(F)F)C(=O)N3C2)c2ccccc12. The number of amides is 4. The Kier molecular flexibility index (Phi) is 12.3. The second-order valence-electron chi connectivity index (χ2n) is 17.1. The number of halogens is 3. The highest BCUT2D eigenvalue weighted by Crippen LogP contribution is 2.48. The summed E-state index contributed by atoms with van der Waals surface area (Å²) in [5.74, 6) is -6.45. The van der Waals surface area contributed by atoms with Gasteiger partial charge in [0.05, 0.1) is 19.3 Å². The van der Waals surface area contributed by atoms with Crippen LogP contribution in [0.4, 0.5) is 18.0 Å². The van der Waals surface area contributed by atoms with Crippen molar-refractivity contribution in [3.8, 4) is 11.6 Å². The van der Waals surface area contributed by atoms with E-state index in [2.05, 4.69) is 15.6 Å². The first-order valence-corrected chi connectivity index (χ1v) is 21.6. The van der Waals surface area contributed by atoms with E-state index in [1.54, 1.807) is 25.1 Å². The number of hydrogen-bond acceptors (Lipinski definition) is 10. The monoisotopic (exact) mass is 849 g/mol. The molecule has 2 saturated carbocycles. The summed E-state index contributed by atoms with van der Waals surface area (Å²) in [6.45, 7) is 7.28. The molecule has 6 rings (SSSR count). The smallest absolute Gasteiger partial charge is 0.408 e. The van der Waals surface area contributed by atoms with E-state index in [4.69, 9.17) is 14.2 Å². The van der Waals surface area contributed by atoms with Gasteiger partial charge in [0.15, 0.2) is 5.60 Å². The van der Waals surface area contributed by atoms with Crippen molar-refractivity contribution in [1.82, 2.24) is 25.2 Å². The highest BCUT2D eigenvalue weighted by atomic mass is 32.2. The Balaban J connectivity index is 1.36. The largest absolute Gasteiger partial charge is 0.492 e. The minimum absolute atomic E-state index is 0.0126.